The van der Waals surface area contributed by atoms with Gasteiger partial charge < -0.3 is 9.47 Å². The molecular weight excluding hydrogens is 332 g/mol. The summed E-state index contributed by atoms with van der Waals surface area (Å²) >= 11 is 2.94. The van der Waals surface area contributed by atoms with Crippen molar-refractivity contribution >= 4 is 34.6 Å². The number of rotatable bonds is 4. The van der Waals surface area contributed by atoms with Crippen molar-refractivity contribution in [3.8, 4) is 10.4 Å². The zero-order valence-corrected chi connectivity index (χ0v) is 15.0. The van der Waals surface area contributed by atoms with E-state index >= 15 is 0 Å². The zero-order valence-electron chi connectivity index (χ0n) is 13.4. The molecule has 0 fully saturated rings. The Morgan fingerprint density at radius 1 is 1.09 bits per heavy atom. The van der Waals surface area contributed by atoms with Gasteiger partial charge in [0.05, 0.1) is 13.2 Å². The third-order valence-corrected chi connectivity index (χ3v) is 6.10. The van der Waals surface area contributed by atoms with Crippen LogP contribution in [0.2, 0.25) is 0 Å². The maximum absolute atomic E-state index is 12.2. The summed E-state index contributed by atoms with van der Waals surface area (Å²) in [6, 6.07) is 1.93. The molecule has 23 heavy (non-hydrogen) atoms. The Balaban J connectivity index is 2.04. The van der Waals surface area contributed by atoms with E-state index in [1.54, 1.807) is 6.92 Å². The molecule has 0 atom stereocenters. The Bertz CT molecular complexity index is 770. The molecule has 0 unspecified atom stereocenters. The highest BCUT2D eigenvalue weighted by atomic mass is 32.1. The van der Waals surface area contributed by atoms with E-state index in [0.717, 1.165) is 33.7 Å². The summed E-state index contributed by atoms with van der Waals surface area (Å²) in [5, 5.41) is 0. The molecule has 2 aromatic rings. The van der Waals surface area contributed by atoms with Crippen molar-refractivity contribution in [1.82, 2.24) is 0 Å². The van der Waals surface area contributed by atoms with Gasteiger partial charge in [0.2, 0.25) is 0 Å². The summed E-state index contributed by atoms with van der Waals surface area (Å²) < 4.78 is 10.3. The van der Waals surface area contributed by atoms with Crippen molar-refractivity contribution in [2.24, 2.45) is 0 Å². The molecule has 122 valence electrons. The molecule has 1 aliphatic carbocycles. The molecule has 3 rings (SSSR count). The Labute approximate surface area is 143 Å². The van der Waals surface area contributed by atoms with Crippen LogP contribution in [0.15, 0.2) is 6.07 Å². The van der Waals surface area contributed by atoms with Gasteiger partial charge in [0.15, 0.2) is 0 Å². The second kappa shape index (κ2) is 6.45. The summed E-state index contributed by atoms with van der Waals surface area (Å²) in [4.78, 5) is 27.7. The van der Waals surface area contributed by atoms with Gasteiger partial charge in [-0.2, -0.15) is 0 Å². The molecule has 0 bridgehead atoms. The highest BCUT2D eigenvalue weighted by molar-refractivity contribution is 7.19. The van der Waals surface area contributed by atoms with Gasteiger partial charge in [-0.3, -0.25) is 0 Å². The molecule has 4 nitrogen and oxygen atoms in total. The van der Waals surface area contributed by atoms with E-state index in [2.05, 4.69) is 0 Å². The van der Waals surface area contributed by atoms with Crippen LogP contribution in [-0.4, -0.2) is 25.2 Å². The first-order valence-electron chi connectivity index (χ1n) is 7.66. The maximum atomic E-state index is 12.2. The van der Waals surface area contributed by atoms with Crippen molar-refractivity contribution in [3.05, 3.63) is 31.8 Å². The van der Waals surface area contributed by atoms with Crippen molar-refractivity contribution in [3.63, 3.8) is 0 Å². The predicted octanol–water partition coefficient (Wildman–Crippen LogP) is 4.24. The Morgan fingerprint density at radius 2 is 1.78 bits per heavy atom. The largest absolute Gasteiger partial charge is 0.462 e. The van der Waals surface area contributed by atoms with E-state index in [1.807, 2.05) is 19.9 Å². The monoisotopic (exact) mass is 350 g/mol. The lowest BCUT2D eigenvalue weighted by Gasteiger charge is -2.14. The third kappa shape index (κ3) is 2.81. The molecule has 6 heteroatoms. The third-order valence-electron chi connectivity index (χ3n) is 3.80. The van der Waals surface area contributed by atoms with Crippen LogP contribution in [0, 0.1) is 6.92 Å². The fraction of sp³-hybridized carbons (Fsp3) is 0.412. The van der Waals surface area contributed by atoms with E-state index in [1.165, 1.54) is 28.2 Å². The van der Waals surface area contributed by atoms with Crippen LogP contribution in [0.3, 0.4) is 0 Å². The van der Waals surface area contributed by atoms with Crippen LogP contribution in [-0.2, 0) is 22.3 Å². The van der Waals surface area contributed by atoms with Crippen LogP contribution in [0.4, 0.5) is 0 Å². The number of thiophene rings is 2. The van der Waals surface area contributed by atoms with Crippen molar-refractivity contribution < 1.29 is 19.1 Å². The molecule has 2 aromatic heterocycles. The van der Waals surface area contributed by atoms with Crippen molar-refractivity contribution in [2.75, 3.05) is 13.2 Å². The molecule has 0 aliphatic heterocycles. The van der Waals surface area contributed by atoms with Crippen molar-refractivity contribution in [1.29, 1.82) is 0 Å². The molecule has 0 radical (unpaired) electrons. The maximum Gasteiger partial charge on any atom is 0.348 e. The van der Waals surface area contributed by atoms with E-state index in [4.69, 9.17) is 9.47 Å². The van der Waals surface area contributed by atoms with E-state index in [0.29, 0.717) is 23.0 Å². The van der Waals surface area contributed by atoms with Gasteiger partial charge in [-0.25, -0.2) is 9.59 Å². The summed E-state index contributed by atoms with van der Waals surface area (Å²) in [7, 11) is 0. The lowest BCUT2D eigenvalue weighted by molar-refractivity contribution is 0.0522. The normalized spacial score (nSPS) is 12.5. The highest BCUT2D eigenvalue weighted by Crippen LogP contribution is 2.46. The second-order valence-electron chi connectivity index (χ2n) is 5.25. The molecule has 0 amide bonds. The first-order chi connectivity index (χ1) is 11.1. The number of esters is 2. The van der Waals surface area contributed by atoms with E-state index in [9.17, 15) is 9.59 Å². The number of hydrogen-bond donors (Lipinski definition) is 0. The summed E-state index contributed by atoms with van der Waals surface area (Å²) in [5.74, 6) is -0.514. The number of ether oxygens (including phenoxy) is 2. The standard InChI is InChI=1S/C17H18O4S2/c1-4-20-16(18)12-8-10-6-7-11-13(14(10)23-12)9(3)22-15(11)17(19)21-5-2/h8H,4-7H2,1-3H3. The lowest BCUT2D eigenvalue weighted by Crippen LogP contribution is -2.08. The van der Waals surface area contributed by atoms with E-state index in [-0.39, 0.29) is 11.9 Å². The molecule has 1 aliphatic rings. The first-order valence-corrected chi connectivity index (χ1v) is 9.29. The summed E-state index contributed by atoms with van der Waals surface area (Å²) in [5.41, 5.74) is 3.34. The minimum Gasteiger partial charge on any atom is -0.462 e. The van der Waals surface area contributed by atoms with Gasteiger partial charge in [-0.05, 0) is 50.8 Å². The van der Waals surface area contributed by atoms with E-state index < -0.39 is 0 Å². The average Bonchev–Trinajstić information content (AvgIpc) is 3.09. The molecular formula is C17H18O4S2. The van der Waals surface area contributed by atoms with Gasteiger partial charge in [-0.1, -0.05) is 0 Å². The molecule has 0 saturated heterocycles. The quantitative estimate of drug-likeness (QED) is 0.774. The van der Waals surface area contributed by atoms with Gasteiger partial charge in [0, 0.05) is 15.3 Å². The predicted molar refractivity (Wildman–Crippen MR) is 91.7 cm³/mol. The Kier molecular flexibility index (Phi) is 4.55. The van der Waals surface area contributed by atoms with Crippen molar-refractivity contribution in [2.45, 2.75) is 33.6 Å². The summed E-state index contributed by atoms with van der Waals surface area (Å²) in [6.45, 7) is 6.38. The van der Waals surface area contributed by atoms with Crippen LogP contribution >= 0.6 is 22.7 Å². The SMILES string of the molecule is CCOC(=O)c1cc2c(s1)-c1c(C)sc(C(=O)OCC)c1CC2. The second-order valence-corrected chi connectivity index (χ2v) is 7.52. The molecule has 2 heterocycles. The summed E-state index contributed by atoms with van der Waals surface area (Å²) in [6.07, 6.45) is 1.64. The minimum absolute atomic E-state index is 0.243. The Hall–Kier alpha value is -1.66. The van der Waals surface area contributed by atoms with Gasteiger partial charge in [-0.15, -0.1) is 22.7 Å². The number of hydrogen-bond acceptors (Lipinski definition) is 6. The molecule has 0 spiro atoms. The Morgan fingerprint density at radius 3 is 2.48 bits per heavy atom. The number of carbonyl (C=O) groups is 2. The fourth-order valence-corrected chi connectivity index (χ4v) is 5.28. The first kappa shape index (κ1) is 16.2. The van der Waals surface area contributed by atoms with Gasteiger partial charge in [0.25, 0.3) is 0 Å². The van der Waals surface area contributed by atoms with Crippen LogP contribution in [0.1, 0.15) is 49.2 Å². The molecule has 0 saturated carbocycles. The van der Waals surface area contributed by atoms with Gasteiger partial charge in [0.1, 0.15) is 9.75 Å². The van der Waals surface area contributed by atoms with Gasteiger partial charge >= 0.3 is 11.9 Å². The minimum atomic E-state index is -0.271. The van der Waals surface area contributed by atoms with Crippen LogP contribution in [0.25, 0.3) is 10.4 Å². The number of aryl methyl sites for hydroxylation is 2. The molecule has 0 N–H and O–H groups in total. The topological polar surface area (TPSA) is 52.6 Å². The average molecular weight is 350 g/mol. The highest BCUT2D eigenvalue weighted by Gasteiger charge is 2.29. The zero-order chi connectivity index (χ0) is 16.6. The smallest absolute Gasteiger partial charge is 0.348 e. The fourth-order valence-electron chi connectivity index (χ4n) is 2.88. The molecule has 0 aromatic carbocycles. The lowest BCUT2D eigenvalue weighted by atomic mass is 9.92. The van der Waals surface area contributed by atoms with Crippen LogP contribution in [0.5, 0.6) is 0 Å². The number of fused-ring (bicyclic) bond motifs is 3. The van der Waals surface area contributed by atoms with Crippen LogP contribution < -0.4 is 0 Å². The number of carbonyl (C=O) groups excluding carboxylic acids is 2.